The Hall–Kier alpha value is 0.700. The molecule has 0 unspecified atom stereocenters. The van der Waals surface area contributed by atoms with Crippen LogP contribution < -0.4 is 0 Å². The summed E-state index contributed by atoms with van der Waals surface area (Å²) in [7, 11) is 0. The van der Waals surface area contributed by atoms with Crippen molar-refractivity contribution >= 4 is 25.3 Å². The highest BCUT2D eigenvalue weighted by atomic mass is 32.2. The maximum absolute atomic E-state index is 4.29. The van der Waals surface area contributed by atoms with E-state index in [2.05, 4.69) is 32.2 Å². The second-order valence-corrected chi connectivity index (χ2v) is 8.58. The van der Waals surface area contributed by atoms with Gasteiger partial charge in [0, 0.05) is 4.58 Å². The molecule has 0 amide bonds. The zero-order chi connectivity index (χ0) is 16.3. The molecule has 0 spiro atoms. The Morgan fingerprint density at radius 3 is 1.00 bits per heavy atom. The molecule has 0 rings (SSSR count). The van der Waals surface area contributed by atoms with Gasteiger partial charge in [0.05, 0.1) is 0 Å². The highest BCUT2D eigenvalue weighted by Crippen LogP contribution is 2.15. The summed E-state index contributed by atoms with van der Waals surface area (Å²) in [6.07, 6.45) is 25.6. The summed E-state index contributed by atoms with van der Waals surface area (Å²) in [5, 5.41) is 0. The quantitative estimate of drug-likeness (QED) is 0.139. The number of rotatable bonds is 18. The molecule has 0 saturated heterocycles. The van der Waals surface area contributed by atoms with E-state index in [1.165, 1.54) is 109 Å². The van der Waals surface area contributed by atoms with Gasteiger partial charge < -0.3 is 0 Å². The Morgan fingerprint density at radius 1 is 0.455 bits per heavy atom. The minimum absolute atomic E-state index is 0.288. The maximum Gasteiger partial charge on any atom is 0.0442 e. The summed E-state index contributed by atoms with van der Waals surface area (Å²) in [5.41, 5.74) is 0. The van der Waals surface area contributed by atoms with Crippen LogP contribution in [0.1, 0.15) is 122 Å². The average molecular weight is 347 g/mol. The first kappa shape index (κ1) is 22.7. The van der Waals surface area contributed by atoms with Gasteiger partial charge in [0.1, 0.15) is 0 Å². The van der Waals surface area contributed by atoms with Gasteiger partial charge in [-0.05, 0) is 6.42 Å². The van der Waals surface area contributed by atoms with Crippen LogP contribution >= 0.6 is 25.3 Å². The van der Waals surface area contributed by atoms with E-state index >= 15 is 0 Å². The molecule has 0 heterocycles. The van der Waals surface area contributed by atoms with Crippen molar-refractivity contribution in [3.05, 3.63) is 0 Å². The molecule has 0 radical (unpaired) electrons. The number of thiol groups is 2. The van der Waals surface area contributed by atoms with Crippen LogP contribution in [-0.2, 0) is 0 Å². The summed E-state index contributed by atoms with van der Waals surface area (Å²) < 4.78 is 0.288. The minimum atomic E-state index is 0.288. The van der Waals surface area contributed by atoms with Gasteiger partial charge in [-0.15, -0.1) is 0 Å². The van der Waals surface area contributed by atoms with Crippen LogP contribution in [0.4, 0.5) is 0 Å². The Bertz CT molecular complexity index is 192. The number of unbranched alkanes of at least 4 members (excludes halogenated alkanes) is 16. The molecule has 0 saturated carbocycles. The molecule has 0 aromatic carbocycles. The van der Waals surface area contributed by atoms with Crippen LogP contribution in [0.15, 0.2) is 0 Å². The molecule has 134 valence electrons. The smallest absolute Gasteiger partial charge is 0.0442 e. The highest BCUT2D eigenvalue weighted by Gasteiger charge is 1.96. The van der Waals surface area contributed by atoms with Crippen molar-refractivity contribution in [3.63, 3.8) is 0 Å². The number of hydrogen-bond donors (Lipinski definition) is 2. The van der Waals surface area contributed by atoms with Crippen LogP contribution in [0, 0.1) is 0 Å². The van der Waals surface area contributed by atoms with Crippen molar-refractivity contribution < 1.29 is 0 Å². The van der Waals surface area contributed by atoms with Crippen LogP contribution in [0.5, 0.6) is 0 Å². The fourth-order valence-electron chi connectivity index (χ4n) is 3.05. The van der Waals surface area contributed by atoms with Gasteiger partial charge >= 0.3 is 0 Å². The Balaban J connectivity index is 2.94. The molecule has 0 aliphatic rings. The van der Waals surface area contributed by atoms with Crippen molar-refractivity contribution in [2.75, 3.05) is 0 Å². The van der Waals surface area contributed by atoms with Gasteiger partial charge in [0.2, 0.25) is 0 Å². The topological polar surface area (TPSA) is 0 Å². The maximum atomic E-state index is 4.29. The fourth-order valence-corrected chi connectivity index (χ4v) is 3.42. The molecular formula is C20H42S2. The van der Waals surface area contributed by atoms with Crippen molar-refractivity contribution in [2.24, 2.45) is 0 Å². The lowest BCUT2D eigenvalue weighted by atomic mass is 10.0. The molecule has 0 aliphatic carbocycles. The second-order valence-electron chi connectivity index (χ2n) is 6.93. The first-order valence-corrected chi connectivity index (χ1v) is 11.2. The van der Waals surface area contributed by atoms with Gasteiger partial charge in [-0.25, -0.2) is 0 Å². The molecule has 0 atom stereocenters. The molecular weight excluding hydrogens is 304 g/mol. The predicted molar refractivity (Wildman–Crippen MR) is 111 cm³/mol. The highest BCUT2D eigenvalue weighted by molar-refractivity contribution is 7.99. The average Bonchev–Trinajstić information content (AvgIpc) is 2.50. The standard InChI is InChI=1S/C20H42S2/c1-2-3-4-5-6-7-8-9-10-11-12-13-14-15-16-17-18-19-20(21)22/h20-22H,2-19H2,1H3. The van der Waals surface area contributed by atoms with E-state index in [4.69, 9.17) is 0 Å². The van der Waals surface area contributed by atoms with Crippen LogP contribution in [0.2, 0.25) is 0 Å². The molecule has 0 N–H and O–H groups in total. The van der Waals surface area contributed by atoms with Crippen LogP contribution in [-0.4, -0.2) is 4.58 Å². The molecule has 2 heteroatoms. The molecule has 0 nitrogen and oxygen atoms in total. The lowest BCUT2D eigenvalue weighted by Gasteiger charge is -2.04. The van der Waals surface area contributed by atoms with E-state index in [1.54, 1.807) is 0 Å². The normalized spacial score (nSPS) is 11.5. The summed E-state index contributed by atoms with van der Waals surface area (Å²) in [4.78, 5) is 0. The Kier molecular flexibility index (Phi) is 20.4. The first-order chi connectivity index (χ1) is 10.8. The predicted octanol–water partition coefficient (Wildman–Crippen LogP) is 8.21. The zero-order valence-electron chi connectivity index (χ0n) is 15.2. The van der Waals surface area contributed by atoms with Gasteiger partial charge in [0.25, 0.3) is 0 Å². The lowest BCUT2D eigenvalue weighted by Crippen LogP contribution is -1.87. The minimum Gasteiger partial charge on any atom is -0.165 e. The SMILES string of the molecule is CCCCCCCCCCCCCCCCCCCC(S)S. The Labute approximate surface area is 152 Å². The second kappa shape index (κ2) is 19.7. The van der Waals surface area contributed by atoms with Gasteiger partial charge in [-0.3, -0.25) is 0 Å². The third-order valence-corrected chi connectivity index (χ3v) is 5.08. The molecule has 0 aromatic heterocycles. The zero-order valence-corrected chi connectivity index (χ0v) is 17.0. The van der Waals surface area contributed by atoms with E-state index < -0.39 is 0 Å². The molecule has 0 aromatic rings. The van der Waals surface area contributed by atoms with Gasteiger partial charge in [-0.2, -0.15) is 25.3 Å². The largest absolute Gasteiger partial charge is 0.165 e. The van der Waals surface area contributed by atoms with Crippen molar-refractivity contribution in [1.29, 1.82) is 0 Å². The fraction of sp³-hybridized carbons (Fsp3) is 1.00. The summed E-state index contributed by atoms with van der Waals surface area (Å²) in [5.74, 6) is 0. The lowest BCUT2D eigenvalue weighted by molar-refractivity contribution is 0.526. The third kappa shape index (κ3) is 20.7. The van der Waals surface area contributed by atoms with Gasteiger partial charge in [-0.1, -0.05) is 116 Å². The van der Waals surface area contributed by atoms with Crippen LogP contribution in [0.3, 0.4) is 0 Å². The summed E-state index contributed by atoms with van der Waals surface area (Å²) >= 11 is 8.59. The van der Waals surface area contributed by atoms with E-state index in [1.807, 2.05) is 0 Å². The third-order valence-electron chi connectivity index (χ3n) is 4.57. The molecule has 22 heavy (non-hydrogen) atoms. The van der Waals surface area contributed by atoms with Crippen molar-refractivity contribution in [1.82, 2.24) is 0 Å². The Morgan fingerprint density at radius 2 is 0.727 bits per heavy atom. The first-order valence-electron chi connectivity index (χ1n) is 10.1. The van der Waals surface area contributed by atoms with E-state index in [9.17, 15) is 0 Å². The van der Waals surface area contributed by atoms with Crippen LogP contribution in [0.25, 0.3) is 0 Å². The van der Waals surface area contributed by atoms with Crippen molar-refractivity contribution in [2.45, 2.75) is 127 Å². The molecule has 0 aliphatic heterocycles. The van der Waals surface area contributed by atoms with Gasteiger partial charge in [0.15, 0.2) is 0 Å². The molecule has 0 bridgehead atoms. The molecule has 0 fully saturated rings. The monoisotopic (exact) mass is 346 g/mol. The van der Waals surface area contributed by atoms with E-state index in [-0.39, 0.29) is 4.58 Å². The van der Waals surface area contributed by atoms with E-state index in [0.717, 1.165) is 6.42 Å². The summed E-state index contributed by atoms with van der Waals surface area (Å²) in [6, 6.07) is 0. The number of hydrogen-bond acceptors (Lipinski definition) is 2. The van der Waals surface area contributed by atoms with E-state index in [0.29, 0.717) is 0 Å². The van der Waals surface area contributed by atoms with Crippen molar-refractivity contribution in [3.8, 4) is 0 Å². The summed E-state index contributed by atoms with van der Waals surface area (Å²) in [6.45, 7) is 2.29.